The Bertz CT molecular complexity index is 1920. The number of nitrogens with one attached hydrogen (secondary N) is 1. The molecule has 0 aliphatic carbocycles. The molecular formula is C78H137NO13. The Morgan fingerprint density at radius 2 is 0.750 bits per heavy atom. The van der Waals surface area contributed by atoms with E-state index in [9.17, 15) is 45.6 Å². The Hall–Kier alpha value is -3.09. The number of unbranched alkanes of at least 4 members (excludes halogenated alkanes) is 32. The third-order valence-corrected chi connectivity index (χ3v) is 17.8. The quantitative estimate of drug-likeness (QED) is 0.0204. The summed E-state index contributed by atoms with van der Waals surface area (Å²) in [6.07, 6.45) is 69.9. The van der Waals surface area contributed by atoms with Gasteiger partial charge >= 0.3 is 0 Å². The summed E-state index contributed by atoms with van der Waals surface area (Å²) >= 11 is 0. The van der Waals surface area contributed by atoms with Crippen molar-refractivity contribution in [3.8, 4) is 0 Å². The summed E-state index contributed by atoms with van der Waals surface area (Å²) in [5.41, 5.74) is 0. The van der Waals surface area contributed by atoms with Crippen LogP contribution in [0, 0.1) is 0 Å². The van der Waals surface area contributed by atoms with Crippen LogP contribution in [0.1, 0.15) is 296 Å². The molecule has 532 valence electrons. The number of carbonyl (C=O) groups excluding carboxylic acids is 1. The van der Waals surface area contributed by atoms with Crippen LogP contribution in [0.15, 0.2) is 97.2 Å². The van der Waals surface area contributed by atoms with Crippen LogP contribution in [-0.2, 0) is 23.7 Å². The summed E-state index contributed by atoms with van der Waals surface area (Å²) in [6.45, 7) is 2.76. The topological polar surface area (TPSA) is 228 Å². The van der Waals surface area contributed by atoms with Crippen molar-refractivity contribution in [2.24, 2.45) is 0 Å². The summed E-state index contributed by atoms with van der Waals surface area (Å²) in [4.78, 5) is 13.4. The van der Waals surface area contributed by atoms with Crippen molar-refractivity contribution in [2.45, 2.75) is 370 Å². The van der Waals surface area contributed by atoms with E-state index in [0.29, 0.717) is 12.8 Å². The molecule has 92 heavy (non-hydrogen) atoms. The largest absolute Gasteiger partial charge is 0.394 e. The van der Waals surface area contributed by atoms with Gasteiger partial charge in [-0.15, -0.1) is 0 Å². The van der Waals surface area contributed by atoms with Gasteiger partial charge in [0.1, 0.15) is 48.8 Å². The maximum atomic E-state index is 13.4. The maximum Gasteiger partial charge on any atom is 0.220 e. The number of hydrogen-bond donors (Lipinski definition) is 9. The number of rotatable bonds is 61. The van der Waals surface area contributed by atoms with Gasteiger partial charge in [0.25, 0.3) is 0 Å². The normalized spacial score (nSPS) is 23.2. The molecule has 0 spiro atoms. The van der Waals surface area contributed by atoms with E-state index in [1.54, 1.807) is 0 Å². The number of aliphatic hydroxyl groups is 8. The average molecular weight is 1300 g/mol. The molecule has 1 amide bonds. The third kappa shape index (κ3) is 44.6. The van der Waals surface area contributed by atoms with Gasteiger partial charge in [0.05, 0.1) is 32.0 Å². The third-order valence-electron chi connectivity index (χ3n) is 17.8. The molecule has 2 saturated heterocycles. The highest BCUT2D eigenvalue weighted by Gasteiger charge is 2.51. The minimum atomic E-state index is -1.79. The van der Waals surface area contributed by atoms with Gasteiger partial charge in [-0.25, -0.2) is 0 Å². The number of aliphatic hydroxyl groups excluding tert-OH is 8. The molecule has 9 N–H and O–H groups in total. The van der Waals surface area contributed by atoms with E-state index in [4.69, 9.17) is 18.9 Å². The molecule has 0 bridgehead atoms. The second-order valence-electron chi connectivity index (χ2n) is 26.0. The average Bonchev–Trinajstić information content (AvgIpc) is 0.836. The van der Waals surface area contributed by atoms with Crippen LogP contribution >= 0.6 is 0 Å². The predicted octanol–water partition coefficient (Wildman–Crippen LogP) is 16.1. The first kappa shape index (κ1) is 85.0. The van der Waals surface area contributed by atoms with Crippen LogP contribution in [-0.4, -0.2) is 140 Å². The molecule has 0 aromatic rings. The monoisotopic (exact) mass is 1300 g/mol. The number of hydrogen-bond acceptors (Lipinski definition) is 13. The molecule has 14 nitrogen and oxygen atoms in total. The molecule has 0 radical (unpaired) electrons. The Morgan fingerprint density at radius 3 is 1.15 bits per heavy atom. The lowest BCUT2D eigenvalue weighted by Crippen LogP contribution is -2.65. The van der Waals surface area contributed by atoms with Crippen molar-refractivity contribution in [3.63, 3.8) is 0 Å². The van der Waals surface area contributed by atoms with E-state index >= 15 is 0 Å². The minimum Gasteiger partial charge on any atom is -0.394 e. The first-order chi connectivity index (χ1) is 45.1. The number of amides is 1. The number of ether oxygens (including phenoxy) is 4. The fourth-order valence-electron chi connectivity index (χ4n) is 11.9. The van der Waals surface area contributed by atoms with Crippen LogP contribution in [0.2, 0.25) is 0 Å². The molecule has 2 heterocycles. The molecule has 12 unspecified atom stereocenters. The van der Waals surface area contributed by atoms with Crippen molar-refractivity contribution in [2.75, 3.05) is 19.8 Å². The second-order valence-corrected chi connectivity index (χ2v) is 26.0. The molecule has 2 fully saturated rings. The lowest BCUT2D eigenvalue weighted by Gasteiger charge is -2.46. The molecule has 0 aromatic heterocycles. The highest BCUT2D eigenvalue weighted by atomic mass is 16.7. The van der Waals surface area contributed by atoms with Crippen molar-refractivity contribution < 1.29 is 64.6 Å². The van der Waals surface area contributed by atoms with Gasteiger partial charge in [0.15, 0.2) is 12.6 Å². The van der Waals surface area contributed by atoms with Gasteiger partial charge < -0.3 is 65.1 Å². The Kier molecular flexibility index (Phi) is 56.8. The molecule has 2 aliphatic heterocycles. The SMILES string of the molecule is CC/C=C\C/C=C\C/C=C\C/C=C\C/C=C\C/C=C\C/C=C\C/C=C\CCCCCCC(=O)NC(COC1OC(CO)C(OC2OC(CO)C(O)C(O)C2O)C(O)C1O)C(O)CCCCCCCCCCCCCCCCCCCCCCCCCCCCCCC. The summed E-state index contributed by atoms with van der Waals surface area (Å²) in [7, 11) is 0. The lowest BCUT2D eigenvalue weighted by atomic mass is 9.97. The van der Waals surface area contributed by atoms with Crippen LogP contribution in [0.25, 0.3) is 0 Å². The van der Waals surface area contributed by atoms with Gasteiger partial charge in [-0.05, 0) is 77.0 Å². The summed E-state index contributed by atoms with van der Waals surface area (Å²) in [5.74, 6) is -0.231. The predicted molar refractivity (Wildman–Crippen MR) is 378 cm³/mol. The summed E-state index contributed by atoms with van der Waals surface area (Å²) in [6, 6.07) is -0.852. The fourth-order valence-corrected chi connectivity index (χ4v) is 11.9. The zero-order valence-corrected chi connectivity index (χ0v) is 58.0. The Labute approximate surface area is 560 Å². The van der Waals surface area contributed by atoms with Crippen LogP contribution < -0.4 is 5.32 Å². The van der Waals surface area contributed by atoms with Gasteiger partial charge in [-0.2, -0.15) is 0 Å². The zero-order valence-electron chi connectivity index (χ0n) is 58.0. The molecule has 12 atom stereocenters. The molecule has 2 aliphatic rings. The van der Waals surface area contributed by atoms with E-state index in [1.807, 2.05) is 0 Å². The van der Waals surface area contributed by atoms with Crippen molar-refractivity contribution >= 4 is 5.91 Å². The highest BCUT2D eigenvalue weighted by Crippen LogP contribution is 2.30. The molecule has 14 heteroatoms. The van der Waals surface area contributed by atoms with Crippen LogP contribution in [0.5, 0.6) is 0 Å². The molecule has 0 aromatic carbocycles. The Morgan fingerprint density at radius 1 is 0.402 bits per heavy atom. The standard InChI is InChI=1S/C78H137NO13/c1-3-5-7-9-11-13-15-17-19-21-23-25-27-29-31-33-35-37-39-41-43-45-47-49-51-53-55-57-59-61-67(82)66(65-89-77-75(88)73(86)76(69(64-81)91-77)92-78-74(87)72(85)71(84)68(63-80)90-78)79-70(83)62-60-58-56-54-52-50-48-46-44-42-40-38-36-34-32-30-28-26-24-22-20-18-16-14-12-10-8-6-4-2/h6,8,12,14,18,20,24,26,30,32,36,38,42,44,48,50,66-69,71-78,80-82,84-88H,3-5,7,9-11,13,15-17,19,21-23,25,27-29,31,33-35,37,39-41,43,45-47,49,51-65H2,1-2H3,(H,79,83)/b8-6-,14-12-,20-18-,26-24-,32-30-,38-36-,44-42-,50-48-. The van der Waals surface area contributed by atoms with E-state index in [1.165, 1.54) is 161 Å². The van der Waals surface area contributed by atoms with Gasteiger partial charge in [0, 0.05) is 6.42 Å². The van der Waals surface area contributed by atoms with Crippen LogP contribution in [0.4, 0.5) is 0 Å². The van der Waals surface area contributed by atoms with Gasteiger partial charge in [0.2, 0.25) is 5.91 Å². The van der Waals surface area contributed by atoms with E-state index in [2.05, 4.69) is 116 Å². The summed E-state index contributed by atoms with van der Waals surface area (Å²) in [5, 5.41) is 87.7. The van der Waals surface area contributed by atoms with E-state index in [0.717, 1.165) is 103 Å². The molecule has 2 rings (SSSR count). The molecule has 0 saturated carbocycles. The first-order valence-corrected chi connectivity index (χ1v) is 37.5. The van der Waals surface area contributed by atoms with Crippen molar-refractivity contribution in [1.82, 2.24) is 5.32 Å². The van der Waals surface area contributed by atoms with Crippen molar-refractivity contribution in [3.05, 3.63) is 97.2 Å². The fraction of sp³-hybridized carbons (Fsp3) is 0.782. The smallest absolute Gasteiger partial charge is 0.220 e. The second kappa shape index (κ2) is 61.5. The van der Waals surface area contributed by atoms with E-state index in [-0.39, 0.29) is 18.9 Å². The van der Waals surface area contributed by atoms with E-state index < -0.39 is 86.8 Å². The maximum absolute atomic E-state index is 13.4. The first-order valence-electron chi connectivity index (χ1n) is 37.5. The van der Waals surface area contributed by atoms with Crippen molar-refractivity contribution in [1.29, 1.82) is 0 Å². The number of carbonyl (C=O) groups is 1. The van der Waals surface area contributed by atoms with Crippen LogP contribution in [0.3, 0.4) is 0 Å². The number of allylic oxidation sites excluding steroid dienone is 16. The van der Waals surface area contributed by atoms with Gasteiger partial charge in [-0.1, -0.05) is 310 Å². The highest BCUT2D eigenvalue weighted by molar-refractivity contribution is 5.76. The lowest BCUT2D eigenvalue weighted by molar-refractivity contribution is -0.359. The summed E-state index contributed by atoms with van der Waals surface area (Å²) < 4.78 is 22.9. The van der Waals surface area contributed by atoms with Gasteiger partial charge in [-0.3, -0.25) is 4.79 Å². The molecular weight excluding hydrogens is 1160 g/mol. The Balaban J connectivity index is 1.67. The minimum absolute atomic E-state index is 0.231. The zero-order chi connectivity index (χ0) is 66.6.